The molecule has 3 heterocycles. The van der Waals surface area contributed by atoms with Crippen molar-refractivity contribution in [2.24, 2.45) is 0 Å². The lowest BCUT2D eigenvalue weighted by atomic mass is 9.98. The van der Waals surface area contributed by atoms with E-state index in [4.69, 9.17) is 0 Å². The quantitative estimate of drug-likeness (QED) is 0.785. The maximum absolute atomic E-state index is 12.8. The second-order valence-corrected chi connectivity index (χ2v) is 6.59. The molecule has 2 aliphatic rings. The Morgan fingerprint density at radius 3 is 3.04 bits per heavy atom. The Labute approximate surface area is 145 Å². The number of aryl methyl sites for hydroxylation is 1. The van der Waals surface area contributed by atoms with Gasteiger partial charge in [0.1, 0.15) is 0 Å². The molecule has 1 atom stereocenters. The number of urea groups is 1. The molecular formula is C18H21N5O2. The van der Waals surface area contributed by atoms with Crippen LogP contribution in [0.15, 0.2) is 30.6 Å². The van der Waals surface area contributed by atoms with E-state index in [-0.39, 0.29) is 18.0 Å². The first kappa shape index (κ1) is 15.7. The van der Waals surface area contributed by atoms with Crippen molar-refractivity contribution in [2.45, 2.75) is 38.1 Å². The summed E-state index contributed by atoms with van der Waals surface area (Å²) in [7, 11) is 0. The van der Waals surface area contributed by atoms with E-state index >= 15 is 0 Å². The summed E-state index contributed by atoms with van der Waals surface area (Å²) >= 11 is 0. The number of amides is 3. The minimum atomic E-state index is -0.118. The van der Waals surface area contributed by atoms with Gasteiger partial charge in [-0.25, -0.2) is 4.79 Å². The summed E-state index contributed by atoms with van der Waals surface area (Å²) in [4.78, 5) is 26.2. The number of carbonyl (C=O) groups is 2. The largest absolute Gasteiger partial charge is 0.326 e. The molecule has 1 aromatic carbocycles. The number of rotatable bonds is 2. The highest BCUT2D eigenvalue weighted by atomic mass is 16.2. The van der Waals surface area contributed by atoms with Gasteiger partial charge in [-0.1, -0.05) is 6.07 Å². The summed E-state index contributed by atoms with van der Waals surface area (Å²) in [6.07, 6.45) is 7.93. The van der Waals surface area contributed by atoms with Crippen LogP contribution in [0, 0.1) is 0 Å². The van der Waals surface area contributed by atoms with Crippen LogP contribution in [-0.2, 0) is 11.2 Å². The van der Waals surface area contributed by atoms with E-state index in [0.717, 1.165) is 49.0 Å². The first-order chi connectivity index (χ1) is 12.2. The molecule has 7 heteroatoms. The Balaban J connectivity index is 1.51. The minimum absolute atomic E-state index is 0.0204. The Morgan fingerprint density at radius 2 is 2.20 bits per heavy atom. The predicted molar refractivity (Wildman–Crippen MR) is 94.3 cm³/mol. The van der Waals surface area contributed by atoms with E-state index < -0.39 is 0 Å². The normalized spacial score (nSPS) is 19.9. The molecule has 25 heavy (non-hydrogen) atoms. The Bertz CT molecular complexity index is 787. The second-order valence-electron chi connectivity index (χ2n) is 6.59. The van der Waals surface area contributed by atoms with E-state index in [1.165, 1.54) is 0 Å². The number of nitrogens with zero attached hydrogens (tertiary/aromatic N) is 2. The van der Waals surface area contributed by atoms with Gasteiger partial charge in [0.2, 0.25) is 5.91 Å². The van der Waals surface area contributed by atoms with Gasteiger partial charge in [-0.15, -0.1) is 0 Å². The van der Waals surface area contributed by atoms with Gasteiger partial charge in [0.15, 0.2) is 0 Å². The Kier molecular flexibility index (Phi) is 4.13. The van der Waals surface area contributed by atoms with E-state index in [9.17, 15) is 9.59 Å². The van der Waals surface area contributed by atoms with Gasteiger partial charge in [-0.05, 0) is 43.4 Å². The van der Waals surface area contributed by atoms with Crippen molar-refractivity contribution in [1.82, 2.24) is 15.1 Å². The zero-order valence-electron chi connectivity index (χ0n) is 13.9. The molecule has 0 spiro atoms. The third-order valence-electron chi connectivity index (χ3n) is 4.92. The SMILES string of the molecule is O=C1CCc2ccc(NC(=O)N3CCCC[C@H]3c3cn[nH]c3)cc2N1. The smallest absolute Gasteiger partial charge is 0.322 e. The van der Waals surface area contributed by atoms with Crippen molar-refractivity contribution in [2.75, 3.05) is 17.2 Å². The van der Waals surface area contributed by atoms with E-state index in [1.807, 2.05) is 29.3 Å². The topological polar surface area (TPSA) is 90.1 Å². The summed E-state index contributed by atoms with van der Waals surface area (Å²) in [5.74, 6) is 0.0204. The number of aromatic amines is 1. The van der Waals surface area contributed by atoms with E-state index in [2.05, 4.69) is 20.8 Å². The highest BCUT2D eigenvalue weighted by Crippen LogP contribution is 2.31. The van der Waals surface area contributed by atoms with Crippen LogP contribution < -0.4 is 10.6 Å². The fourth-order valence-corrected chi connectivity index (χ4v) is 3.61. The molecule has 1 aromatic heterocycles. The molecule has 4 rings (SSSR count). The molecule has 0 unspecified atom stereocenters. The van der Waals surface area contributed by atoms with Crippen molar-refractivity contribution in [3.8, 4) is 0 Å². The van der Waals surface area contributed by atoms with Gasteiger partial charge < -0.3 is 15.5 Å². The molecule has 1 fully saturated rings. The van der Waals surface area contributed by atoms with Gasteiger partial charge >= 0.3 is 6.03 Å². The number of piperidine rings is 1. The number of nitrogens with one attached hydrogen (secondary N) is 3. The van der Waals surface area contributed by atoms with Crippen molar-refractivity contribution >= 4 is 23.3 Å². The third-order valence-corrected chi connectivity index (χ3v) is 4.92. The maximum atomic E-state index is 12.8. The molecular weight excluding hydrogens is 318 g/mol. The summed E-state index contributed by atoms with van der Waals surface area (Å²) < 4.78 is 0. The Morgan fingerprint density at radius 1 is 1.28 bits per heavy atom. The highest BCUT2D eigenvalue weighted by molar-refractivity contribution is 5.96. The number of anilines is 2. The van der Waals surface area contributed by atoms with Crippen LogP contribution in [0.25, 0.3) is 0 Å². The lowest BCUT2D eigenvalue weighted by Gasteiger charge is -2.35. The zero-order valence-corrected chi connectivity index (χ0v) is 13.9. The number of benzene rings is 1. The molecule has 7 nitrogen and oxygen atoms in total. The molecule has 0 bridgehead atoms. The van der Waals surface area contributed by atoms with Gasteiger partial charge in [-0.3, -0.25) is 9.89 Å². The van der Waals surface area contributed by atoms with Crippen molar-refractivity contribution in [3.63, 3.8) is 0 Å². The number of carbonyl (C=O) groups excluding carboxylic acids is 2. The van der Waals surface area contributed by atoms with Crippen molar-refractivity contribution < 1.29 is 9.59 Å². The van der Waals surface area contributed by atoms with Crippen LogP contribution in [0.5, 0.6) is 0 Å². The summed E-state index contributed by atoms with van der Waals surface area (Å²) in [5.41, 5.74) is 3.63. The van der Waals surface area contributed by atoms with Gasteiger partial charge in [0.05, 0.1) is 12.2 Å². The van der Waals surface area contributed by atoms with Gasteiger partial charge in [0.25, 0.3) is 0 Å². The molecule has 0 saturated carbocycles. The molecule has 3 N–H and O–H groups in total. The van der Waals surface area contributed by atoms with Crippen LogP contribution in [0.1, 0.15) is 42.9 Å². The molecule has 0 radical (unpaired) electrons. The van der Waals surface area contributed by atoms with Crippen LogP contribution in [-0.4, -0.2) is 33.6 Å². The first-order valence-electron chi connectivity index (χ1n) is 8.70. The fraction of sp³-hybridized carbons (Fsp3) is 0.389. The molecule has 1 saturated heterocycles. The highest BCUT2D eigenvalue weighted by Gasteiger charge is 2.28. The molecule has 130 valence electrons. The van der Waals surface area contributed by atoms with Crippen LogP contribution in [0.4, 0.5) is 16.2 Å². The maximum Gasteiger partial charge on any atom is 0.322 e. The standard InChI is InChI=1S/C18H21N5O2/c24-17-7-5-12-4-6-14(9-15(12)22-17)21-18(25)23-8-2-1-3-16(23)13-10-19-20-11-13/h4,6,9-11,16H,1-3,5,7-8H2,(H,19,20)(H,21,25)(H,22,24)/t16-/m0/s1. The van der Waals surface area contributed by atoms with Crippen molar-refractivity contribution in [1.29, 1.82) is 0 Å². The predicted octanol–water partition coefficient (Wildman–Crippen LogP) is 3.05. The first-order valence-corrected chi connectivity index (χ1v) is 8.70. The zero-order chi connectivity index (χ0) is 17.2. The third kappa shape index (κ3) is 3.22. The number of aromatic nitrogens is 2. The summed E-state index contributed by atoms with van der Waals surface area (Å²) in [5, 5.41) is 12.7. The molecule has 0 aliphatic carbocycles. The van der Waals surface area contributed by atoms with Gasteiger partial charge in [0, 0.05) is 36.1 Å². The lowest BCUT2D eigenvalue weighted by molar-refractivity contribution is -0.116. The van der Waals surface area contributed by atoms with E-state index in [0.29, 0.717) is 12.1 Å². The monoisotopic (exact) mass is 339 g/mol. The fourth-order valence-electron chi connectivity index (χ4n) is 3.61. The average Bonchev–Trinajstić information content (AvgIpc) is 3.16. The summed E-state index contributed by atoms with van der Waals surface area (Å²) in [6.45, 7) is 0.726. The van der Waals surface area contributed by atoms with Crippen molar-refractivity contribution in [3.05, 3.63) is 41.7 Å². The van der Waals surface area contributed by atoms with Crippen LogP contribution in [0.3, 0.4) is 0 Å². The average molecular weight is 339 g/mol. The van der Waals surface area contributed by atoms with Crippen LogP contribution >= 0.6 is 0 Å². The Hall–Kier alpha value is -2.83. The minimum Gasteiger partial charge on any atom is -0.326 e. The molecule has 3 amide bonds. The number of fused-ring (bicyclic) bond motifs is 1. The lowest BCUT2D eigenvalue weighted by Crippen LogP contribution is -2.41. The number of hydrogen-bond acceptors (Lipinski definition) is 3. The molecule has 2 aromatic rings. The second kappa shape index (κ2) is 6.58. The van der Waals surface area contributed by atoms with Gasteiger partial charge in [-0.2, -0.15) is 5.10 Å². The number of H-pyrrole nitrogens is 1. The summed E-state index contributed by atoms with van der Waals surface area (Å²) in [6, 6.07) is 5.62. The number of likely N-dealkylation sites (tertiary alicyclic amines) is 1. The van der Waals surface area contributed by atoms with E-state index in [1.54, 1.807) is 6.20 Å². The van der Waals surface area contributed by atoms with Crippen LogP contribution in [0.2, 0.25) is 0 Å². The molecule has 2 aliphatic heterocycles. The number of hydrogen-bond donors (Lipinski definition) is 3.